The Morgan fingerprint density at radius 1 is 0.926 bits per heavy atom. The summed E-state index contributed by atoms with van der Waals surface area (Å²) in [5, 5.41) is 5.89. The number of morpholine rings is 1. The van der Waals surface area contributed by atoms with Gasteiger partial charge >= 0.3 is 0 Å². The maximum absolute atomic E-state index is 12.7. The van der Waals surface area contributed by atoms with Crippen LogP contribution in [0.1, 0.15) is 23.2 Å². The fraction of sp³-hybridized carbons (Fsp3) is 0.333. The minimum absolute atomic E-state index is 0.0617. The van der Waals surface area contributed by atoms with E-state index >= 15 is 0 Å². The number of benzene rings is 2. The standard InChI is InChI=1S/C21H23N3O3/c25-20(15-5-6-15)22-17-9-7-16(8-10-17)21(26)23-18-3-1-2-4-19(18)24-11-13-27-14-12-24/h1-4,7-10,15H,5-6,11-14H2,(H,22,25)(H,23,26). The third-order valence-electron chi connectivity index (χ3n) is 4.87. The highest BCUT2D eigenvalue weighted by atomic mass is 16.5. The Kier molecular flexibility index (Phi) is 5.07. The van der Waals surface area contributed by atoms with E-state index in [9.17, 15) is 9.59 Å². The molecule has 1 saturated heterocycles. The maximum Gasteiger partial charge on any atom is 0.255 e. The highest BCUT2D eigenvalue weighted by molar-refractivity contribution is 6.06. The lowest BCUT2D eigenvalue weighted by Gasteiger charge is -2.30. The van der Waals surface area contributed by atoms with E-state index in [0.717, 1.165) is 43.0 Å². The van der Waals surface area contributed by atoms with Gasteiger partial charge in [0.1, 0.15) is 0 Å². The molecule has 140 valence electrons. The van der Waals surface area contributed by atoms with E-state index in [1.165, 1.54) is 0 Å². The molecule has 2 amide bonds. The number of anilines is 3. The normalized spacial score (nSPS) is 16.7. The molecule has 6 nitrogen and oxygen atoms in total. The number of ether oxygens (including phenoxy) is 1. The van der Waals surface area contributed by atoms with Crippen molar-refractivity contribution in [2.24, 2.45) is 5.92 Å². The molecule has 4 rings (SSSR count). The van der Waals surface area contributed by atoms with Crippen LogP contribution in [0.15, 0.2) is 48.5 Å². The zero-order valence-electron chi connectivity index (χ0n) is 15.1. The fourth-order valence-electron chi connectivity index (χ4n) is 3.15. The van der Waals surface area contributed by atoms with Gasteiger partial charge in [-0.15, -0.1) is 0 Å². The van der Waals surface area contributed by atoms with Gasteiger partial charge in [0, 0.05) is 30.3 Å². The van der Waals surface area contributed by atoms with Crippen LogP contribution in [0.5, 0.6) is 0 Å². The molecule has 0 spiro atoms. The Morgan fingerprint density at radius 2 is 1.63 bits per heavy atom. The van der Waals surface area contributed by atoms with Gasteiger partial charge in [-0.1, -0.05) is 12.1 Å². The van der Waals surface area contributed by atoms with Gasteiger partial charge < -0.3 is 20.3 Å². The number of hydrogen-bond donors (Lipinski definition) is 2. The number of para-hydroxylation sites is 2. The van der Waals surface area contributed by atoms with Crippen LogP contribution in [-0.4, -0.2) is 38.1 Å². The summed E-state index contributed by atoms with van der Waals surface area (Å²) in [5.74, 6) is 0.0482. The molecular weight excluding hydrogens is 342 g/mol. The van der Waals surface area contributed by atoms with Gasteiger partial charge in [-0.05, 0) is 49.2 Å². The van der Waals surface area contributed by atoms with Crippen molar-refractivity contribution in [2.45, 2.75) is 12.8 Å². The van der Waals surface area contributed by atoms with Gasteiger partial charge in [0.2, 0.25) is 5.91 Å². The van der Waals surface area contributed by atoms with Crippen molar-refractivity contribution >= 4 is 28.9 Å². The lowest BCUT2D eigenvalue weighted by molar-refractivity contribution is -0.117. The van der Waals surface area contributed by atoms with E-state index in [1.54, 1.807) is 24.3 Å². The molecule has 27 heavy (non-hydrogen) atoms. The van der Waals surface area contributed by atoms with Crippen LogP contribution in [0.25, 0.3) is 0 Å². The van der Waals surface area contributed by atoms with Crippen molar-refractivity contribution in [3.05, 3.63) is 54.1 Å². The van der Waals surface area contributed by atoms with Crippen LogP contribution in [0.3, 0.4) is 0 Å². The molecule has 0 radical (unpaired) electrons. The van der Waals surface area contributed by atoms with Crippen molar-refractivity contribution in [1.82, 2.24) is 0 Å². The summed E-state index contributed by atoms with van der Waals surface area (Å²) in [5.41, 5.74) is 3.06. The van der Waals surface area contributed by atoms with Crippen molar-refractivity contribution in [1.29, 1.82) is 0 Å². The van der Waals surface area contributed by atoms with Gasteiger partial charge in [0.05, 0.1) is 24.6 Å². The molecule has 1 aliphatic carbocycles. The lowest BCUT2D eigenvalue weighted by atomic mass is 10.1. The summed E-state index contributed by atoms with van der Waals surface area (Å²) in [6.45, 7) is 3.00. The summed E-state index contributed by atoms with van der Waals surface area (Å²) in [4.78, 5) is 26.7. The number of hydrogen-bond acceptors (Lipinski definition) is 4. The minimum atomic E-state index is -0.171. The van der Waals surface area contributed by atoms with Gasteiger partial charge in [0.15, 0.2) is 0 Å². The van der Waals surface area contributed by atoms with E-state index in [2.05, 4.69) is 15.5 Å². The molecule has 2 aromatic rings. The second-order valence-corrected chi connectivity index (χ2v) is 6.91. The third kappa shape index (κ3) is 4.28. The van der Waals surface area contributed by atoms with E-state index in [4.69, 9.17) is 4.74 Å². The van der Waals surface area contributed by atoms with E-state index in [1.807, 2.05) is 24.3 Å². The predicted molar refractivity (Wildman–Crippen MR) is 105 cm³/mol. The van der Waals surface area contributed by atoms with Gasteiger partial charge in [0.25, 0.3) is 5.91 Å². The number of amides is 2. The smallest absolute Gasteiger partial charge is 0.255 e. The molecule has 1 heterocycles. The van der Waals surface area contributed by atoms with Crippen LogP contribution < -0.4 is 15.5 Å². The second kappa shape index (κ2) is 7.80. The first-order chi connectivity index (χ1) is 13.2. The summed E-state index contributed by atoms with van der Waals surface area (Å²) < 4.78 is 5.41. The summed E-state index contributed by atoms with van der Waals surface area (Å²) in [7, 11) is 0. The number of nitrogens with one attached hydrogen (secondary N) is 2. The molecule has 0 bridgehead atoms. The monoisotopic (exact) mass is 365 g/mol. The zero-order valence-corrected chi connectivity index (χ0v) is 15.1. The molecule has 2 N–H and O–H groups in total. The SMILES string of the molecule is O=C(Nc1ccccc1N1CCOCC1)c1ccc(NC(=O)C2CC2)cc1. The largest absolute Gasteiger partial charge is 0.378 e. The predicted octanol–water partition coefficient (Wildman–Crippen LogP) is 3.12. The summed E-state index contributed by atoms with van der Waals surface area (Å²) in [6.07, 6.45) is 1.93. The van der Waals surface area contributed by atoms with E-state index < -0.39 is 0 Å². The Bertz CT molecular complexity index is 825. The molecule has 1 saturated carbocycles. The van der Waals surface area contributed by atoms with Crippen LogP contribution in [0, 0.1) is 5.92 Å². The fourth-order valence-corrected chi connectivity index (χ4v) is 3.15. The quantitative estimate of drug-likeness (QED) is 0.854. The molecule has 2 aliphatic rings. The maximum atomic E-state index is 12.7. The lowest BCUT2D eigenvalue weighted by Crippen LogP contribution is -2.36. The molecule has 0 aromatic heterocycles. The second-order valence-electron chi connectivity index (χ2n) is 6.91. The molecule has 0 unspecified atom stereocenters. The zero-order chi connectivity index (χ0) is 18.6. The van der Waals surface area contributed by atoms with Crippen LogP contribution in [0.2, 0.25) is 0 Å². The van der Waals surface area contributed by atoms with Gasteiger partial charge in [-0.3, -0.25) is 9.59 Å². The Morgan fingerprint density at radius 3 is 2.33 bits per heavy atom. The van der Waals surface area contributed by atoms with Gasteiger partial charge in [-0.25, -0.2) is 0 Å². The Hall–Kier alpha value is -2.86. The molecule has 2 fully saturated rings. The Balaban J connectivity index is 1.43. The molecule has 0 atom stereocenters. The first-order valence-electron chi connectivity index (χ1n) is 9.35. The van der Waals surface area contributed by atoms with Crippen molar-refractivity contribution in [3.63, 3.8) is 0 Å². The van der Waals surface area contributed by atoms with E-state index in [-0.39, 0.29) is 17.7 Å². The summed E-state index contributed by atoms with van der Waals surface area (Å²) in [6, 6.07) is 14.8. The minimum Gasteiger partial charge on any atom is -0.378 e. The average Bonchev–Trinajstić information content (AvgIpc) is 3.55. The number of nitrogens with zero attached hydrogens (tertiary/aromatic N) is 1. The number of carbonyl (C=O) groups excluding carboxylic acids is 2. The van der Waals surface area contributed by atoms with Crippen LogP contribution in [-0.2, 0) is 9.53 Å². The van der Waals surface area contributed by atoms with Crippen LogP contribution in [0.4, 0.5) is 17.1 Å². The molecular formula is C21H23N3O3. The average molecular weight is 365 g/mol. The Labute approximate surface area is 158 Å². The van der Waals surface area contributed by atoms with Crippen LogP contribution >= 0.6 is 0 Å². The molecule has 6 heteroatoms. The third-order valence-corrected chi connectivity index (χ3v) is 4.87. The molecule has 2 aromatic carbocycles. The van der Waals surface area contributed by atoms with E-state index in [0.29, 0.717) is 18.8 Å². The first kappa shape index (κ1) is 17.5. The van der Waals surface area contributed by atoms with Gasteiger partial charge in [-0.2, -0.15) is 0 Å². The van der Waals surface area contributed by atoms with Crippen molar-refractivity contribution < 1.29 is 14.3 Å². The highest BCUT2D eigenvalue weighted by Gasteiger charge is 2.29. The number of rotatable bonds is 5. The summed E-state index contributed by atoms with van der Waals surface area (Å²) >= 11 is 0. The first-order valence-corrected chi connectivity index (χ1v) is 9.35. The highest BCUT2D eigenvalue weighted by Crippen LogP contribution is 2.30. The molecule has 1 aliphatic heterocycles. The van der Waals surface area contributed by atoms with Crippen molar-refractivity contribution in [2.75, 3.05) is 41.8 Å². The van der Waals surface area contributed by atoms with Crippen molar-refractivity contribution in [3.8, 4) is 0 Å². The number of carbonyl (C=O) groups is 2. The topological polar surface area (TPSA) is 70.7 Å².